The van der Waals surface area contributed by atoms with E-state index in [-0.39, 0.29) is 39.2 Å². The third-order valence-electron chi connectivity index (χ3n) is 6.43. The Morgan fingerprint density at radius 2 is 1.71 bits per heavy atom. The molecule has 3 aromatic rings. The lowest BCUT2D eigenvalue weighted by atomic mass is 9.97. The fourth-order valence-corrected chi connectivity index (χ4v) is 4.81. The van der Waals surface area contributed by atoms with Gasteiger partial charge in [-0.1, -0.05) is 53.5 Å². The molecule has 11 heteroatoms. The summed E-state index contributed by atoms with van der Waals surface area (Å²) in [6, 6.07) is 9.61. The molecule has 1 aliphatic carbocycles. The van der Waals surface area contributed by atoms with Crippen molar-refractivity contribution in [1.29, 1.82) is 0 Å². The van der Waals surface area contributed by atoms with Crippen molar-refractivity contribution in [3.8, 4) is 11.1 Å². The minimum absolute atomic E-state index is 0.0504. The fourth-order valence-electron chi connectivity index (χ4n) is 4.25. The number of carboxylic acid groups (broad SMARTS) is 1. The van der Waals surface area contributed by atoms with Crippen LogP contribution < -0.4 is 10.9 Å². The van der Waals surface area contributed by atoms with Crippen molar-refractivity contribution >= 4 is 35.1 Å². The number of alkyl halides is 3. The van der Waals surface area contributed by atoms with Gasteiger partial charge in [-0.05, 0) is 55.0 Å². The van der Waals surface area contributed by atoms with Crippen molar-refractivity contribution in [2.45, 2.75) is 44.9 Å². The van der Waals surface area contributed by atoms with Crippen LogP contribution in [0.4, 0.5) is 13.2 Å². The highest BCUT2D eigenvalue weighted by molar-refractivity contribution is 6.39. The second kappa shape index (κ2) is 10.8. The lowest BCUT2D eigenvalue weighted by Gasteiger charge is -2.19. The van der Waals surface area contributed by atoms with Crippen LogP contribution in [-0.4, -0.2) is 27.6 Å². The average Bonchev–Trinajstić information content (AvgIpc) is 3.65. The molecule has 6 nitrogen and oxygen atoms in total. The first-order valence-electron chi connectivity index (χ1n) is 11.8. The van der Waals surface area contributed by atoms with Gasteiger partial charge in [-0.3, -0.25) is 9.59 Å². The summed E-state index contributed by atoms with van der Waals surface area (Å²) in [5.41, 5.74) is -1.53. The minimum atomic E-state index is -4.74. The van der Waals surface area contributed by atoms with Gasteiger partial charge in [0.05, 0.1) is 26.7 Å². The van der Waals surface area contributed by atoms with Crippen molar-refractivity contribution in [3.05, 3.63) is 91.3 Å². The van der Waals surface area contributed by atoms with Gasteiger partial charge in [0, 0.05) is 18.7 Å². The number of amides is 1. The molecule has 0 saturated heterocycles. The Morgan fingerprint density at radius 3 is 2.24 bits per heavy atom. The molecule has 1 amide bonds. The monoisotopic (exact) mass is 566 g/mol. The van der Waals surface area contributed by atoms with E-state index in [9.17, 15) is 32.7 Å². The quantitative estimate of drug-likeness (QED) is 0.351. The maximum absolute atomic E-state index is 13.9. The molecule has 2 aromatic carbocycles. The van der Waals surface area contributed by atoms with Crippen LogP contribution in [0.3, 0.4) is 0 Å². The third kappa shape index (κ3) is 6.05. The molecular weight excluding hydrogens is 544 g/mol. The lowest BCUT2D eigenvalue weighted by molar-refractivity contribution is -0.139. The molecule has 1 saturated carbocycles. The van der Waals surface area contributed by atoms with Crippen LogP contribution in [0.2, 0.25) is 10.0 Å². The van der Waals surface area contributed by atoms with Gasteiger partial charge >= 0.3 is 12.1 Å². The number of nitrogens with one attached hydrogen (secondary N) is 1. The Balaban J connectivity index is 1.62. The number of benzene rings is 2. The first kappa shape index (κ1) is 27.7. The van der Waals surface area contributed by atoms with Crippen LogP contribution >= 0.6 is 23.2 Å². The molecule has 38 heavy (non-hydrogen) atoms. The molecule has 1 aromatic heterocycles. The Labute approximate surface area is 226 Å². The summed E-state index contributed by atoms with van der Waals surface area (Å²) in [5, 5.41) is 12.1. The zero-order valence-electron chi connectivity index (χ0n) is 20.1. The number of aromatic nitrogens is 1. The number of aryl methyl sites for hydroxylation is 1. The summed E-state index contributed by atoms with van der Waals surface area (Å²) in [6.07, 6.45) is -3.05. The molecule has 2 N–H and O–H groups in total. The largest absolute Gasteiger partial charge is 0.480 e. The number of pyridine rings is 1. The zero-order chi connectivity index (χ0) is 27.8. The van der Waals surface area contributed by atoms with E-state index in [1.54, 1.807) is 0 Å². The van der Waals surface area contributed by atoms with Gasteiger partial charge in [-0.2, -0.15) is 13.2 Å². The van der Waals surface area contributed by atoms with Crippen LogP contribution in [0.25, 0.3) is 11.1 Å². The number of aliphatic carboxylic acids is 1. The molecule has 1 heterocycles. The lowest BCUT2D eigenvalue weighted by Crippen LogP contribution is -2.42. The number of nitrogens with zero attached hydrogens (tertiary/aromatic N) is 1. The number of halogens is 5. The van der Waals surface area contributed by atoms with Gasteiger partial charge in [0.25, 0.3) is 11.5 Å². The summed E-state index contributed by atoms with van der Waals surface area (Å²) < 4.78 is 43.0. The number of hydrogen-bond donors (Lipinski definition) is 2. The van der Waals surface area contributed by atoms with Crippen molar-refractivity contribution in [2.24, 2.45) is 5.92 Å². The average molecular weight is 567 g/mol. The first-order valence-corrected chi connectivity index (χ1v) is 12.5. The summed E-state index contributed by atoms with van der Waals surface area (Å²) >= 11 is 12.1. The maximum atomic E-state index is 13.9. The SMILES string of the molecule is Cc1cc(C(F)(F)F)c(-c2ccc(C[C@H](NC(=O)c3c(Cl)cccc3Cl)C(=O)O)cc2)c(=O)n1CC1CC1. The van der Waals surface area contributed by atoms with Gasteiger partial charge in [0.15, 0.2) is 0 Å². The van der Waals surface area contributed by atoms with E-state index in [4.69, 9.17) is 23.2 Å². The van der Waals surface area contributed by atoms with E-state index in [0.29, 0.717) is 12.1 Å². The molecule has 1 atom stereocenters. The maximum Gasteiger partial charge on any atom is 0.417 e. The van der Waals surface area contributed by atoms with Crippen molar-refractivity contribution in [2.75, 3.05) is 0 Å². The fraction of sp³-hybridized carbons (Fsp3) is 0.296. The van der Waals surface area contributed by atoms with Gasteiger partial charge < -0.3 is 15.0 Å². The molecule has 4 rings (SSSR count). The summed E-state index contributed by atoms with van der Waals surface area (Å²) in [4.78, 5) is 37.7. The normalized spacial score (nSPS) is 14.3. The van der Waals surface area contributed by atoms with Gasteiger partial charge in [-0.15, -0.1) is 0 Å². The Morgan fingerprint density at radius 1 is 1.11 bits per heavy atom. The summed E-state index contributed by atoms with van der Waals surface area (Å²) in [7, 11) is 0. The highest BCUT2D eigenvalue weighted by Gasteiger charge is 2.37. The molecule has 0 unspecified atom stereocenters. The molecule has 0 radical (unpaired) electrons. The molecule has 1 fully saturated rings. The summed E-state index contributed by atoms with van der Waals surface area (Å²) in [5.74, 6) is -1.83. The van der Waals surface area contributed by atoms with E-state index in [1.165, 1.54) is 54.0 Å². The van der Waals surface area contributed by atoms with Crippen LogP contribution in [0.5, 0.6) is 0 Å². The molecule has 200 valence electrons. The van der Waals surface area contributed by atoms with Gasteiger partial charge in [-0.25, -0.2) is 4.79 Å². The van der Waals surface area contributed by atoms with E-state index in [2.05, 4.69) is 5.32 Å². The van der Waals surface area contributed by atoms with Crippen LogP contribution in [-0.2, 0) is 23.9 Å². The van der Waals surface area contributed by atoms with Crippen LogP contribution in [0, 0.1) is 12.8 Å². The predicted molar refractivity (Wildman–Crippen MR) is 138 cm³/mol. The van der Waals surface area contributed by atoms with E-state index in [1.807, 2.05) is 0 Å². The van der Waals surface area contributed by atoms with Gasteiger partial charge in [0.2, 0.25) is 0 Å². The van der Waals surface area contributed by atoms with E-state index in [0.717, 1.165) is 18.9 Å². The van der Waals surface area contributed by atoms with Crippen molar-refractivity contribution < 1.29 is 27.9 Å². The Bertz CT molecular complexity index is 1430. The molecule has 0 spiro atoms. The smallest absolute Gasteiger partial charge is 0.417 e. The van der Waals surface area contributed by atoms with E-state index < -0.39 is 40.8 Å². The number of carbonyl (C=O) groups is 2. The number of rotatable bonds is 8. The Kier molecular flexibility index (Phi) is 7.90. The number of carbonyl (C=O) groups excluding carboxylic acids is 1. The second-order valence-corrected chi connectivity index (χ2v) is 10.1. The molecule has 0 aliphatic heterocycles. The first-order chi connectivity index (χ1) is 17.9. The van der Waals surface area contributed by atoms with E-state index >= 15 is 0 Å². The molecule has 1 aliphatic rings. The summed E-state index contributed by atoms with van der Waals surface area (Å²) in [6.45, 7) is 1.85. The highest BCUT2D eigenvalue weighted by Crippen LogP contribution is 2.37. The zero-order valence-corrected chi connectivity index (χ0v) is 21.6. The minimum Gasteiger partial charge on any atom is -0.480 e. The predicted octanol–water partition coefficient (Wildman–Crippen LogP) is 5.99. The topological polar surface area (TPSA) is 88.4 Å². The van der Waals surface area contributed by atoms with Crippen molar-refractivity contribution in [3.63, 3.8) is 0 Å². The number of carboxylic acids is 1. The molecule has 0 bridgehead atoms. The van der Waals surface area contributed by atoms with Crippen LogP contribution in [0.1, 0.15) is 40.0 Å². The third-order valence-corrected chi connectivity index (χ3v) is 7.06. The Hall–Kier alpha value is -3.30. The molecular formula is C27H23Cl2F3N2O4. The second-order valence-electron chi connectivity index (χ2n) is 9.29. The van der Waals surface area contributed by atoms with Crippen LogP contribution in [0.15, 0.2) is 53.3 Å². The van der Waals surface area contributed by atoms with Gasteiger partial charge in [0.1, 0.15) is 6.04 Å². The van der Waals surface area contributed by atoms with Crippen molar-refractivity contribution in [1.82, 2.24) is 9.88 Å². The highest BCUT2D eigenvalue weighted by atomic mass is 35.5. The standard InChI is InChI=1S/C27H23Cl2F3N2O4/c1-14-11-18(27(30,31)32)22(25(36)34(14)13-16-5-6-16)17-9-7-15(8-10-17)12-21(26(37)38)33-24(35)23-19(28)3-2-4-20(23)29/h2-4,7-11,16,21H,5-6,12-13H2,1H3,(H,33,35)(H,37,38)/t21-/m0/s1. The number of hydrogen-bond acceptors (Lipinski definition) is 3.